The van der Waals surface area contributed by atoms with Crippen LogP contribution in [-0.4, -0.2) is 307 Å². The summed E-state index contributed by atoms with van der Waals surface area (Å²) >= 11 is 0. The summed E-state index contributed by atoms with van der Waals surface area (Å²) in [6.07, 6.45) is -5.96. The number of nitrogens with one attached hydrogen (secondary N) is 7. The molecule has 8 amide bonds. The number of nitrogens with two attached hydrogens (primary N) is 1. The van der Waals surface area contributed by atoms with Gasteiger partial charge in [-0.1, -0.05) is 10.4 Å². The number of carbonyl (C=O) groups is 8. The third-order valence-corrected chi connectivity index (χ3v) is 21.8. The van der Waals surface area contributed by atoms with E-state index in [0.29, 0.717) is 97.5 Å². The Morgan fingerprint density at radius 2 is 1.23 bits per heavy atom. The molecule has 9 rings (SSSR count). The van der Waals surface area contributed by atoms with Gasteiger partial charge in [0.25, 0.3) is 10.1 Å². The molecule has 2 aromatic heterocycles. The van der Waals surface area contributed by atoms with E-state index >= 15 is 0 Å². The number of amides is 8. The number of carbonyl (C=O) groups excluding carboxylic acids is 8. The molecule has 14 atom stereocenters. The second-order valence-electron chi connectivity index (χ2n) is 30.6. The van der Waals surface area contributed by atoms with Gasteiger partial charge in [-0.3, -0.25) is 52.3 Å². The summed E-state index contributed by atoms with van der Waals surface area (Å²) in [5.74, 6) is -4.97. The lowest BCUT2D eigenvalue weighted by Crippen LogP contribution is -2.59. The van der Waals surface area contributed by atoms with Crippen LogP contribution >= 0.6 is 0 Å². The lowest BCUT2D eigenvalue weighted by molar-refractivity contribution is -0.304. The van der Waals surface area contributed by atoms with Crippen molar-refractivity contribution in [3.05, 3.63) is 69.9 Å². The van der Waals surface area contributed by atoms with Gasteiger partial charge in [-0.05, 0) is 116 Å². The fraction of sp³-hybridized carbons (Fsp3) is 0.680. The third kappa shape index (κ3) is 27.8. The summed E-state index contributed by atoms with van der Waals surface area (Å²) in [5, 5.41) is 116. The van der Waals surface area contributed by atoms with Crippen LogP contribution < -0.4 is 67.9 Å². The van der Waals surface area contributed by atoms with Gasteiger partial charge in [-0.15, -0.1) is 10.2 Å². The van der Waals surface area contributed by atoms with Gasteiger partial charge in [0, 0.05) is 81.3 Å². The summed E-state index contributed by atoms with van der Waals surface area (Å²) in [6, 6.07) is 4.49. The van der Waals surface area contributed by atoms with Gasteiger partial charge < -0.3 is 122 Å². The Bertz CT molecular complexity index is 4340. The summed E-state index contributed by atoms with van der Waals surface area (Å²) in [4.78, 5) is 111. The molecule has 0 radical (unpaired) electrons. The van der Waals surface area contributed by atoms with Crippen LogP contribution in [-0.2, 0) is 110 Å². The first-order valence-corrected chi connectivity index (χ1v) is 41.7. The molecule has 44 heteroatoms. The monoisotopic (exact) mass is 1700 g/mol. The number of fused-ring (bicyclic) bond motifs is 4. The molecule has 43 nitrogen and oxygen atoms in total. The molecule has 4 aromatic rings. The summed E-state index contributed by atoms with van der Waals surface area (Å²) in [5.41, 5.74) is 8.87. The Hall–Kier alpha value is -8.97. The number of hydrogen-bond acceptors (Lipinski definition) is 31. The molecule has 0 bridgehead atoms. The topological polar surface area (TPSA) is 608 Å². The molecule has 119 heavy (non-hydrogen) atoms. The van der Waals surface area contributed by atoms with Crippen LogP contribution in [0.15, 0.2) is 41.7 Å². The van der Waals surface area contributed by atoms with Crippen molar-refractivity contribution in [1.82, 2.24) is 71.8 Å². The van der Waals surface area contributed by atoms with Crippen molar-refractivity contribution in [3.63, 3.8) is 0 Å². The Morgan fingerprint density at radius 1 is 0.647 bits per heavy atom. The molecule has 2 aromatic carbocycles. The normalized spacial score (nSPS) is 22.5. The Labute approximate surface area is 686 Å². The van der Waals surface area contributed by atoms with Crippen molar-refractivity contribution in [2.45, 2.75) is 235 Å². The van der Waals surface area contributed by atoms with Crippen LogP contribution in [0.3, 0.4) is 0 Å². The van der Waals surface area contributed by atoms with Gasteiger partial charge in [0.2, 0.25) is 52.6 Å². The standard InChI is InChI=1S/C75H113N17O26S/c1-5-89-21-12-14-44-28-52-56(30-54(44)89)116-57-31-55-48(29-53(57)82-52)45(42-119(109,110)111)32-75(3,4)92(55)24-13-18-60(96)77-19-9-6-15-49(70(76)106)83-62(98)34-80-72(108)51(17-8-11-23-91-36-47(86-88-91)40-115-74-69(105)67(103)65(101)59(38-94)118-74)84-61(97)33-79-63(99)41-113-27-26-112-25-20-78-71(107)50(81-43(2)95)16-7-10-22-90-35-46(85-87-90)39-114-73-68(104)66(102)64(100)58(37-93)117-73/h28-31,35-36,45,49-51,58-59,64-69,73-74,93-94,100-105H,5-27,32-34,37-42H2,1-4H3,(H9-,76,77,78,79,80,81,83,84,95,96,97,98,99,106,107,108,109,110,111)/p+1/t45?,49-,50-,51-,58+,59+,64+,65+,66-,67-,68-,69-,73-,74-/m0/s1. The predicted molar refractivity (Wildman–Crippen MR) is 416 cm³/mol. The highest BCUT2D eigenvalue weighted by molar-refractivity contribution is 7.85. The SMILES string of the molecule is CC[N+]1=c2cc3c(cc2CCC1)=Nc1cc2c(cc1O3)N(CCCC(=O)NCCCC[C@H](NC(=O)CNC(=O)[C@H](CCCCn1cc(CO[C@H]3O[C@H](CO)[C@@H](O)[C@H](O)[C@@H]3O)nn1)NC(=O)CNC(=O)COCCOCCNC(=O)[C@H](CCCCn1cc(CO[C@H]3O[C@H](CO)[C@@H](O)[C@H](O)[C@@H]3O)nn1)NC(C)=O)C(N)=O)C(C)(C)CC2CS(=O)(=O)O. The number of benzene rings is 2. The zero-order chi connectivity index (χ0) is 86.1. The molecule has 0 saturated carbocycles. The van der Waals surface area contributed by atoms with Crippen LogP contribution in [0.2, 0.25) is 0 Å². The molecular formula is C75H114N17O26S+. The van der Waals surface area contributed by atoms with Gasteiger partial charge >= 0.3 is 0 Å². The number of unbranched alkanes of at least 4 members (excludes halogenated alkanes) is 3. The average molecular weight is 1700 g/mol. The number of rotatable bonds is 48. The molecule has 660 valence electrons. The first kappa shape index (κ1) is 93.9. The number of aryl methyl sites for hydroxylation is 3. The van der Waals surface area contributed by atoms with Crippen molar-refractivity contribution in [2.75, 3.05) is 96.1 Å². The second kappa shape index (κ2) is 45.1. The van der Waals surface area contributed by atoms with E-state index in [-0.39, 0.29) is 96.4 Å². The van der Waals surface area contributed by atoms with Crippen molar-refractivity contribution < 1.29 is 125 Å². The molecule has 7 heterocycles. The minimum absolute atomic E-state index is 0.00310. The van der Waals surface area contributed by atoms with E-state index in [1.807, 2.05) is 32.0 Å². The number of anilines is 1. The number of nitrogens with zero attached hydrogens (tertiary/aromatic N) is 9. The highest BCUT2D eigenvalue weighted by atomic mass is 32.2. The van der Waals surface area contributed by atoms with E-state index in [1.54, 1.807) is 6.20 Å². The summed E-state index contributed by atoms with van der Waals surface area (Å²) in [7, 11) is -4.38. The van der Waals surface area contributed by atoms with Crippen LogP contribution in [0, 0.1) is 0 Å². The van der Waals surface area contributed by atoms with Crippen LogP contribution in [0.5, 0.6) is 11.5 Å². The Morgan fingerprint density at radius 3 is 1.82 bits per heavy atom. The quantitative estimate of drug-likeness (QED) is 0.00980. The fourth-order valence-corrected chi connectivity index (χ4v) is 15.5. The average Bonchev–Trinajstić information content (AvgIpc) is 1.15. The van der Waals surface area contributed by atoms with E-state index in [9.17, 15) is 92.2 Å². The zero-order valence-corrected chi connectivity index (χ0v) is 68.0. The maximum absolute atomic E-state index is 13.8. The van der Waals surface area contributed by atoms with Gasteiger partial charge in [-0.25, -0.2) is 9.57 Å². The van der Waals surface area contributed by atoms with Crippen molar-refractivity contribution in [3.8, 4) is 11.5 Å². The summed E-state index contributed by atoms with van der Waals surface area (Å²) in [6.45, 7) is 7.03. The van der Waals surface area contributed by atoms with Gasteiger partial charge in [0.15, 0.2) is 24.1 Å². The summed E-state index contributed by atoms with van der Waals surface area (Å²) < 4.78 is 79.5. The van der Waals surface area contributed by atoms with Crippen LogP contribution in [0.25, 0.3) is 0 Å². The van der Waals surface area contributed by atoms with Crippen molar-refractivity contribution in [1.29, 1.82) is 0 Å². The number of aliphatic hydroxyl groups excluding tert-OH is 8. The number of aromatic nitrogens is 6. The van der Waals surface area contributed by atoms with E-state index < -0.39 is 181 Å². The highest BCUT2D eigenvalue weighted by Gasteiger charge is 2.46. The largest absolute Gasteiger partial charge is 0.452 e. The van der Waals surface area contributed by atoms with E-state index in [0.717, 1.165) is 31.3 Å². The van der Waals surface area contributed by atoms with E-state index in [1.165, 1.54) is 28.0 Å². The van der Waals surface area contributed by atoms with Crippen molar-refractivity contribution in [2.24, 2.45) is 10.7 Å². The third-order valence-electron chi connectivity index (χ3n) is 20.9. The fourth-order valence-electron chi connectivity index (χ4n) is 14.7. The molecule has 0 aliphatic carbocycles. The molecular weight excluding hydrogens is 1590 g/mol. The predicted octanol–water partition coefficient (Wildman–Crippen LogP) is -5.87. The second-order valence-corrected chi connectivity index (χ2v) is 32.1. The maximum atomic E-state index is 13.8. The lowest BCUT2D eigenvalue weighted by Gasteiger charge is -2.48. The first-order chi connectivity index (χ1) is 56.8. The number of aliphatic hydroxyl groups is 8. The lowest BCUT2D eigenvalue weighted by atomic mass is 9.79. The minimum atomic E-state index is -4.38. The van der Waals surface area contributed by atoms with E-state index in [2.05, 4.69) is 80.3 Å². The molecule has 5 aliphatic heterocycles. The first-order valence-electron chi connectivity index (χ1n) is 40.1. The molecule has 1 unspecified atom stereocenters. The van der Waals surface area contributed by atoms with Crippen LogP contribution in [0.1, 0.15) is 140 Å². The zero-order valence-electron chi connectivity index (χ0n) is 67.2. The van der Waals surface area contributed by atoms with Gasteiger partial charge in [-0.2, -0.15) is 8.42 Å². The molecule has 18 N–H and O–H groups in total. The molecule has 5 aliphatic rings. The molecule has 2 saturated heterocycles. The van der Waals surface area contributed by atoms with Crippen molar-refractivity contribution >= 4 is 68.8 Å². The van der Waals surface area contributed by atoms with E-state index in [4.69, 9.17) is 43.9 Å². The molecule has 0 spiro atoms. The van der Waals surface area contributed by atoms with Gasteiger partial charge in [0.1, 0.15) is 109 Å². The van der Waals surface area contributed by atoms with Crippen LogP contribution in [0.4, 0.5) is 11.4 Å². The van der Waals surface area contributed by atoms with Gasteiger partial charge in [0.05, 0.1) is 83.6 Å². The maximum Gasteiger partial charge on any atom is 0.265 e. The Balaban J connectivity index is 0.681. The smallest absolute Gasteiger partial charge is 0.265 e. The highest BCUT2D eigenvalue weighted by Crippen LogP contribution is 2.49. The minimum Gasteiger partial charge on any atom is -0.452 e. The molecule has 2 fully saturated rings. The number of ether oxygens (including phenoxy) is 7. The number of primary amides is 1. The number of hydrogen-bond donors (Lipinski definition) is 17. The Kier molecular flexibility index (Phi) is 35.6.